The molecule has 3 aliphatic heterocycles. The van der Waals surface area contributed by atoms with Crippen molar-refractivity contribution < 1.29 is 17.9 Å². The van der Waals surface area contributed by atoms with Gasteiger partial charge in [-0.2, -0.15) is 9.29 Å². The number of hydrogen-bond acceptors (Lipinski definition) is 6. The molecule has 0 saturated carbocycles. The second-order valence-corrected chi connectivity index (χ2v) is 10.4. The molecule has 0 radical (unpaired) electrons. The number of benzene rings is 1. The highest BCUT2D eigenvalue weighted by Crippen LogP contribution is 2.39. The predicted molar refractivity (Wildman–Crippen MR) is 115 cm³/mol. The molecule has 8 nitrogen and oxygen atoms in total. The van der Waals surface area contributed by atoms with Crippen LogP contribution in [-0.2, 0) is 27.7 Å². The normalized spacial score (nSPS) is 19.5. The Morgan fingerprint density at radius 2 is 1.68 bits per heavy atom. The quantitative estimate of drug-likeness (QED) is 0.721. The maximum atomic E-state index is 13.4. The summed E-state index contributed by atoms with van der Waals surface area (Å²) < 4.78 is 34.3. The zero-order chi connectivity index (χ0) is 21.8. The highest BCUT2D eigenvalue weighted by molar-refractivity contribution is 7.89. The molecule has 1 fully saturated rings. The van der Waals surface area contributed by atoms with Crippen LogP contribution in [0.5, 0.6) is 5.88 Å². The van der Waals surface area contributed by atoms with E-state index in [0.717, 1.165) is 22.5 Å². The zero-order valence-electron chi connectivity index (χ0n) is 17.8. The van der Waals surface area contributed by atoms with Crippen LogP contribution in [0.15, 0.2) is 23.1 Å². The van der Waals surface area contributed by atoms with Crippen LogP contribution in [-0.4, -0.2) is 54.3 Å². The SMILES string of the molecule is Cc1cc(OC2CCN(S(=O)(=O)c3cc4c5c(c3)CCN5C(=O)CC4)CC2)nc(C)n1. The van der Waals surface area contributed by atoms with Crippen molar-refractivity contribution in [1.82, 2.24) is 14.3 Å². The lowest BCUT2D eigenvalue weighted by molar-refractivity contribution is -0.118. The van der Waals surface area contributed by atoms with Crippen LogP contribution in [0.3, 0.4) is 0 Å². The first-order valence-corrected chi connectivity index (χ1v) is 12.2. The molecule has 9 heteroatoms. The lowest BCUT2D eigenvalue weighted by Crippen LogP contribution is -2.42. The highest BCUT2D eigenvalue weighted by Gasteiger charge is 2.35. The number of carbonyl (C=O) groups excluding carboxylic acids is 1. The number of hydrogen-bond donors (Lipinski definition) is 0. The van der Waals surface area contributed by atoms with Crippen LogP contribution in [0.2, 0.25) is 0 Å². The van der Waals surface area contributed by atoms with Gasteiger partial charge in [-0.25, -0.2) is 13.4 Å². The number of nitrogens with zero attached hydrogens (tertiary/aromatic N) is 4. The third-order valence-electron chi connectivity index (χ3n) is 6.29. The summed E-state index contributed by atoms with van der Waals surface area (Å²) in [5.74, 6) is 1.34. The van der Waals surface area contributed by atoms with Crippen molar-refractivity contribution in [2.24, 2.45) is 0 Å². The van der Waals surface area contributed by atoms with Gasteiger partial charge in [-0.3, -0.25) is 4.79 Å². The molecule has 1 amide bonds. The molecule has 0 atom stereocenters. The number of rotatable bonds is 4. The lowest BCUT2D eigenvalue weighted by Gasteiger charge is -2.32. The van der Waals surface area contributed by atoms with Gasteiger partial charge in [0.1, 0.15) is 11.9 Å². The van der Waals surface area contributed by atoms with E-state index in [1.807, 2.05) is 18.7 Å². The minimum Gasteiger partial charge on any atom is -0.474 e. The standard InChI is InChI=1S/C22H26N4O4S/c1-14-11-20(24-15(2)23-14)30-18-6-8-25(9-7-18)31(28,29)19-12-16-3-4-21(27)26-10-5-17(13-19)22(16)26/h11-13,18H,3-10H2,1-2H3. The van der Waals surface area contributed by atoms with Crippen molar-refractivity contribution in [3.8, 4) is 5.88 Å². The highest BCUT2D eigenvalue weighted by atomic mass is 32.2. The summed E-state index contributed by atoms with van der Waals surface area (Å²) in [6, 6.07) is 5.34. The molecule has 0 aliphatic carbocycles. The minimum absolute atomic E-state index is 0.0686. The largest absolute Gasteiger partial charge is 0.474 e. The summed E-state index contributed by atoms with van der Waals surface area (Å²) in [6.07, 6.45) is 2.92. The monoisotopic (exact) mass is 442 g/mol. The van der Waals surface area contributed by atoms with Gasteiger partial charge in [0.25, 0.3) is 0 Å². The average molecular weight is 443 g/mol. The molecule has 0 N–H and O–H groups in total. The van der Waals surface area contributed by atoms with E-state index in [9.17, 15) is 13.2 Å². The zero-order valence-corrected chi connectivity index (χ0v) is 18.6. The summed E-state index contributed by atoms with van der Waals surface area (Å²) in [5.41, 5.74) is 3.74. The Kier molecular flexibility index (Phi) is 4.97. The van der Waals surface area contributed by atoms with Crippen LogP contribution < -0.4 is 9.64 Å². The van der Waals surface area contributed by atoms with E-state index in [1.165, 1.54) is 0 Å². The Morgan fingerprint density at radius 1 is 0.968 bits per heavy atom. The third-order valence-corrected chi connectivity index (χ3v) is 8.17. The first kappa shape index (κ1) is 20.4. The Hall–Kier alpha value is -2.52. The van der Waals surface area contributed by atoms with Crippen molar-refractivity contribution in [3.05, 3.63) is 40.8 Å². The van der Waals surface area contributed by atoms with E-state index in [-0.39, 0.29) is 12.0 Å². The van der Waals surface area contributed by atoms with Gasteiger partial charge in [-0.1, -0.05) is 0 Å². The van der Waals surface area contributed by atoms with Gasteiger partial charge in [0.15, 0.2) is 0 Å². The van der Waals surface area contributed by atoms with Crippen molar-refractivity contribution in [1.29, 1.82) is 0 Å². The van der Waals surface area contributed by atoms with Gasteiger partial charge < -0.3 is 9.64 Å². The van der Waals surface area contributed by atoms with Crippen LogP contribution in [0.1, 0.15) is 41.9 Å². The lowest BCUT2D eigenvalue weighted by atomic mass is 10.00. The van der Waals surface area contributed by atoms with Crippen LogP contribution in [0, 0.1) is 13.8 Å². The summed E-state index contributed by atoms with van der Waals surface area (Å²) in [7, 11) is -3.58. The molecule has 1 saturated heterocycles. The fourth-order valence-electron chi connectivity index (χ4n) is 4.83. The third kappa shape index (κ3) is 3.70. The van der Waals surface area contributed by atoms with Crippen molar-refractivity contribution >= 4 is 21.6 Å². The van der Waals surface area contributed by atoms with Crippen molar-refractivity contribution in [3.63, 3.8) is 0 Å². The first-order chi connectivity index (χ1) is 14.8. The molecular formula is C22H26N4O4S. The number of ether oxygens (including phenoxy) is 1. The Balaban J connectivity index is 1.31. The molecule has 3 aliphatic rings. The first-order valence-electron chi connectivity index (χ1n) is 10.8. The number of amides is 1. The molecule has 31 heavy (non-hydrogen) atoms. The van der Waals surface area contributed by atoms with E-state index in [2.05, 4.69) is 9.97 Å². The number of sulfonamides is 1. The molecular weight excluding hydrogens is 416 g/mol. The van der Waals surface area contributed by atoms with Crippen LogP contribution in [0.4, 0.5) is 5.69 Å². The van der Waals surface area contributed by atoms with Crippen molar-refractivity contribution in [2.45, 2.75) is 57.0 Å². The molecule has 0 unspecified atom stereocenters. The van der Waals surface area contributed by atoms with Gasteiger partial charge in [0.05, 0.1) is 10.6 Å². The van der Waals surface area contributed by atoms with E-state index in [0.29, 0.717) is 68.3 Å². The Labute approximate surface area is 182 Å². The van der Waals surface area contributed by atoms with Gasteiger partial charge in [-0.05, 0) is 62.8 Å². The van der Waals surface area contributed by atoms with Gasteiger partial charge in [-0.15, -0.1) is 0 Å². The number of anilines is 1. The average Bonchev–Trinajstić information content (AvgIpc) is 3.16. The number of piperidine rings is 1. The summed E-state index contributed by atoms with van der Waals surface area (Å²) in [6.45, 7) is 5.19. The summed E-state index contributed by atoms with van der Waals surface area (Å²) in [4.78, 5) is 22.9. The molecule has 1 aromatic heterocycles. The summed E-state index contributed by atoms with van der Waals surface area (Å²) in [5, 5.41) is 0. The van der Waals surface area contributed by atoms with E-state index in [1.54, 1.807) is 22.5 Å². The molecule has 0 bridgehead atoms. The summed E-state index contributed by atoms with van der Waals surface area (Å²) >= 11 is 0. The minimum atomic E-state index is -3.58. The second-order valence-electron chi connectivity index (χ2n) is 8.50. The Bertz CT molecular complexity index is 1140. The Morgan fingerprint density at radius 3 is 2.39 bits per heavy atom. The van der Waals surface area contributed by atoms with E-state index in [4.69, 9.17) is 4.74 Å². The number of aryl methyl sites for hydroxylation is 3. The molecule has 0 spiro atoms. The van der Waals surface area contributed by atoms with Crippen molar-refractivity contribution in [2.75, 3.05) is 24.5 Å². The fraction of sp³-hybridized carbons (Fsp3) is 0.500. The molecule has 1 aromatic carbocycles. The second kappa shape index (κ2) is 7.56. The van der Waals surface area contributed by atoms with Crippen LogP contribution in [0.25, 0.3) is 0 Å². The topological polar surface area (TPSA) is 92.7 Å². The number of carbonyl (C=O) groups is 1. The van der Waals surface area contributed by atoms with Gasteiger partial charge in [0.2, 0.25) is 21.8 Å². The maximum absolute atomic E-state index is 13.4. The fourth-order valence-corrected chi connectivity index (χ4v) is 6.40. The van der Waals surface area contributed by atoms with Crippen LogP contribution >= 0.6 is 0 Å². The molecule has 4 heterocycles. The maximum Gasteiger partial charge on any atom is 0.243 e. The van der Waals surface area contributed by atoms with Gasteiger partial charge in [0, 0.05) is 37.8 Å². The molecule has 2 aromatic rings. The predicted octanol–water partition coefficient (Wildman–Crippen LogP) is 2.16. The number of aromatic nitrogens is 2. The van der Waals surface area contributed by atoms with E-state index >= 15 is 0 Å². The molecule has 5 rings (SSSR count). The van der Waals surface area contributed by atoms with Gasteiger partial charge >= 0.3 is 0 Å². The van der Waals surface area contributed by atoms with E-state index < -0.39 is 10.0 Å². The molecule has 164 valence electrons. The smallest absolute Gasteiger partial charge is 0.243 e.